The predicted molar refractivity (Wildman–Crippen MR) is 71.8 cm³/mol. The molecule has 0 saturated carbocycles. The summed E-state index contributed by atoms with van der Waals surface area (Å²) in [5, 5.41) is 5.60. The van der Waals surface area contributed by atoms with Crippen LogP contribution in [0.2, 0.25) is 4.34 Å². The molecule has 0 radical (unpaired) electrons. The number of carbonyl (C=O) groups excluding carboxylic acids is 1. The third-order valence-electron chi connectivity index (χ3n) is 2.40. The summed E-state index contributed by atoms with van der Waals surface area (Å²) in [5.74, 6) is 0. The predicted octanol–water partition coefficient (Wildman–Crippen LogP) is 3.55. The standard InChI is InChI=1S/C12H13ClN2O2S/c1-8(10-2-3-11(13)18-10)15-12(16)14-6-9-4-5-17-7-9/h2-5,7-8H,6H2,1H3,(H2,14,15,16)/t8-/m1/s1. The summed E-state index contributed by atoms with van der Waals surface area (Å²) in [4.78, 5) is 12.7. The lowest BCUT2D eigenvalue weighted by atomic mass is 10.3. The number of furan rings is 1. The first-order valence-electron chi connectivity index (χ1n) is 5.46. The second-order valence-corrected chi connectivity index (χ2v) is 5.57. The van der Waals surface area contributed by atoms with Gasteiger partial charge in [0.2, 0.25) is 0 Å². The van der Waals surface area contributed by atoms with Crippen LogP contribution in [0.5, 0.6) is 0 Å². The van der Waals surface area contributed by atoms with Crippen LogP contribution >= 0.6 is 22.9 Å². The Balaban J connectivity index is 1.80. The highest BCUT2D eigenvalue weighted by molar-refractivity contribution is 7.16. The van der Waals surface area contributed by atoms with Crippen molar-refractivity contribution in [3.63, 3.8) is 0 Å². The number of halogens is 1. The van der Waals surface area contributed by atoms with Gasteiger partial charge >= 0.3 is 6.03 Å². The fourth-order valence-corrected chi connectivity index (χ4v) is 2.52. The molecule has 0 unspecified atom stereocenters. The Morgan fingerprint density at radius 3 is 2.94 bits per heavy atom. The van der Waals surface area contributed by atoms with Gasteiger partial charge in [-0.05, 0) is 25.1 Å². The third kappa shape index (κ3) is 3.51. The SMILES string of the molecule is C[C@@H](NC(=O)NCc1ccoc1)c1ccc(Cl)s1. The molecular formula is C12H13ClN2O2S. The van der Waals surface area contributed by atoms with E-state index in [0.717, 1.165) is 14.8 Å². The monoisotopic (exact) mass is 284 g/mol. The summed E-state index contributed by atoms with van der Waals surface area (Å²) >= 11 is 7.31. The van der Waals surface area contributed by atoms with Crippen molar-refractivity contribution >= 4 is 29.0 Å². The normalized spacial score (nSPS) is 12.1. The topological polar surface area (TPSA) is 54.3 Å². The quantitative estimate of drug-likeness (QED) is 0.902. The Labute approximate surface area is 114 Å². The minimum absolute atomic E-state index is 0.0631. The minimum atomic E-state index is -0.215. The number of rotatable bonds is 4. The van der Waals surface area contributed by atoms with Crippen molar-refractivity contribution in [2.24, 2.45) is 0 Å². The fraction of sp³-hybridized carbons (Fsp3) is 0.250. The van der Waals surface area contributed by atoms with Crippen LogP contribution in [0.1, 0.15) is 23.4 Å². The van der Waals surface area contributed by atoms with Gasteiger partial charge in [-0.2, -0.15) is 0 Å². The third-order valence-corrected chi connectivity index (χ3v) is 3.82. The lowest BCUT2D eigenvalue weighted by Crippen LogP contribution is -2.36. The van der Waals surface area contributed by atoms with Crippen LogP contribution in [0.4, 0.5) is 4.79 Å². The maximum Gasteiger partial charge on any atom is 0.315 e. The van der Waals surface area contributed by atoms with Gasteiger partial charge in [-0.3, -0.25) is 0 Å². The number of amides is 2. The molecule has 2 amide bonds. The molecule has 96 valence electrons. The lowest BCUT2D eigenvalue weighted by molar-refractivity contribution is 0.237. The highest BCUT2D eigenvalue weighted by Gasteiger charge is 2.11. The van der Waals surface area contributed by atoms with Crippen LogP contribution in [-0.4, -0.2) is 6.03 Å². The molecule has 2 aromatic heterocycles. The van der Waals surface area contributed by atoms with Gasteiger partial charge < -0.3 is 15.1 Å². The zero-order chi connectivity index (χ0) is 13.0. The number of nitrogens with one attached hydrogen (secondary N) is 2. The van der Waals surface area contributed by atoms with Crippen molar-refractivity contribution in [1.29, 1.82) is 0 Å². The van der Waals surface area contributed by atoms with Gasteiger partial charge in [-0.25, -0.2) is 4.79 Å². The molecule has 2 heterocycles. The van der Waals surface area contributed by atoms with Crippen LogP contribution in [-0.2, 0) is 6.54 Å². The van der Waals surface area contributed by atoms with Crippen LogP contribution < -0.4 is 10.6 Å². The maximum atomic E-state index is 11.6. The Morgan fingerprint density at radius 1 is 1.50 bits per heavy atom. The summed E-state index contributed by atoms with van der Waals surface area (Å²) in [7, 11) is 0. The highest BCUT2D eigenvalue weighted by atomic mass is 35.5. The van der Waals surface area contributed by atoms with Crippen LogP contribution in [0, 0.1) is 0 Å². The zero-order valence-electron chi connectivity index (χ0n) is 9.77. The molecule has 2 aromatic rings. The molecule has 18 heavy (non-hydrogen) atoms. The molecule has 1 atom stereocenters. The summed E-state index contributed by atoms with van der Waals surface area (Å²) in [6, 6.07) is 5.26. The summed E-state index contributed by atoms with van der Waals surface area (Å²) in [5.41, 5.74) is 0.928. The average molecular weight is 285 g/mol. The molecule has 0 bridgehead atoms. The largest absolute Gasteiger partial charge is 0.472 e. The number of thiophene rings is 1. The van der Waals surface area contributed by atoms with Gasteiger partial charge in [0.1, 0.15) is 0 Å². The second-order valence-electron chi connectivity index (χ2n) is 3.82. The molecule has 2 rings (SSSR count). The van der Waals surface area contributed by atoms with Gasteiger partial charge in [0.05, 0.1) is 22.9 Å². The van der Waals surface area contributed by atoms with Gasteiger partial charge in [0.15, 0.2) is 0 Å². The Kier molecular flexibility index (Phi) is 4.28. The minimum Gasteiger partial charge on any atom is -0.472 e. The summed E-state index contributed by atoms with van der Waals surface area (Å²) in [6.07, 6.45) is 3.17. The van der Waals surface area contributed by atoms with E-state index >= 15 is 0 Å². The molecule has 4 nitrogen and oxygen atoms in total. The van der Waals surface area contributed by atoms with E-state index in [-0.39, 0.29) is 12.1 Å². The molecule has 0 spiro atoms. The average Bonchev–Trinajstić information content (AvgIpc) is 2.97. The Hall–Kier alpha value is -1.46. The molecule has 2 N–H and O–H groups in total. The van der Waals surface area contributed by atoms with E-state index in [1.165, 1.54) is 11.3 Å². The summed E-state index contributed by atoms with van der Waals surface area (Å²) < 4.78 is 5.64. The van der Waals surface area contributed by atoms with E-state index in [0.29, 0.717) is 6.54 Å². The molecule has 6 heteroatoms. The highest BCUT2D eigenvalue weighted by Crippen LogP contribution is 2.26. The molecule has 0 aromatic carbocycles. The first kappa shape index (κ1) is 13.0. The summed E-state index contributed by atoms with van der Waals surface area (Å²) in [6.45, 7) is 2.36. The molecule has 0 saturated heterocycles. The fourth-order valence-electron chi connectivity index (χ4n) is 1.46. The van der Waals surface area contributed by atoms with E-state index < -0.39 is 0 Å². The van der Waals surface area contributed by atoms with Gasteiger partial charge in [0, 0.05) is 17.0 Å². The lowest BCUT2D eigenvalue weighted by Gasteiger charge is -2.12. The van der Waals surface area contributed by atoms with E-state index in [4.69, 9.17) is 16.0 Å². The first-order valence-corrected chi connectivity index (χ1v) is 6.65. The number of urea groups is 1. The molecule has 0 aliphatic carbocycles. The van der Waals surface area contributed by atoms with Crippen molar-refractivity contribution in [3.05, 3.63) is 45.5 Å². The first-order chi connectivity index (χ1) is 8.65. The van der Waals surface area contributed by atoms with Crippen molar-refractivity contribution in [3.8, 4) is 0 Å². The van der Waals surface area contributed by atoms with E-state index in [2.05, 4.69) is 10.6 Å². The van der Waals surface area contributed by atoms with Crippen molar-refractivity contribution in [1.82, 2.24) is 10.6 Å². The van der Waals surface area contributed by atoms with Gasteiger partial charge in [0.25, 0.3) is 0 Å². The van der Waals surface area contributed by atoms with Crippen molar-refractivity contribution < 1.29 is 9.21 Å². The number of carbonyl (C=O) groups is 1. The zero-order valence-corrected chi connectivity index (χ0v) is 11.3. The van der Waals surface area contributed by atoms with Gasteiger partial charge in [-0.15, -0.1) is 11.3 Å². The van der Waals surface area contributed by atoms with Crippen LogP contribution in [0.3, 0.4) is 0 Å². The molecular weight excluding hydrogens is 272 g/mol. The van der Waals surface area contributed by atoms with E-state index in [1.54, 1.807) is 12.5 Å². The van der Waals surface area contributed by atoms with Gasteiger partial charge in [-0.1, -0.05) is 11.6 Å². The second kappa shape index (κ2) is 5.93. The smallest absolute Gasteiger partial charge is 0.315 e. The van der Waals surface area contributed by atoms with Crippen molar-refractivity contribution in [2.75, 3.05) is 0 Å². The number of hydrogen-bond acceptors (Lipinski definition) is 3. The Morgan fingerprint density at radius 2 is 2.33 bits per heavy atom. The molecule has 0 fully saturated rings. The Bertz CT molecular complexity index is 510. The number of hydrogen-bond donors (Lipinski definition) is 2. The van der Waals surface area contributed by atoms with E-state index in [9.17, 15) is 4.79 Å². The molecule has 0 aliphatic rings. The molecule has 0 aliphatic heterocycles. The van der Waals surface area contributed by atoms with Crippen LogP contribution in [0.25, 0.3) is 0 Å². The van der Waals surface area contributed by atoms with E-state index in [1.807, 2.05) is 25.1 Å². The van der Waals surface area contributed by atoms with Crippen LogP contribution in [0.15, 0.2) is 35.1 Å². The maximum absolute atomic E-state index is 11.6. The van der Waals surface area contributed by atoms with Crippen molar-refractivity contribution in [2.45, 2.75) is 19.5 Å².